The molecule has 1 aliphatic heterocycles. The van der Waals surface area contributed by atoms with Crippen LogP contribution in [0.15, 0.2) is 24.3 Å². The molecule has 1 saturated carbocycles. The second kappa shape index (κ2) is 7.70. The molecule has 2 atom stereocenters. The summed E-state index contributed by atoms with van der Waals surface area (Å²) in [5.74, 6) is -1.31. The first kappa shape index (κ1) is 19.4. The third-order valence-electron chi connectivity index (χ3n) is 5.24. The summed E-state index contributed by atoms with van der Waals surface area (Å²) in [7, 11) is 0. The topological polar surface area (TPSA) is 66.5 Å². The number of nitrogens with zero attached hydrogens (tertiary/aromatic N) is 1. The van der Waals surface area contributed by atoms with E-state index in [0.29, 0.717) is 18.4 Å². The Balaban J connectivity index is 1.50. The molecule has 1 N–H and O–H groups in total. The predicted octanol–water partition coefficient (Wildman–Crippen LogP) is 2.89. The van der Waals surface area contributed by atoms with Crippen LogP contribution in [-0.4, -0.2) is 29.2 Å². The average Bonchev–Trinajstić information content (AvgIpc) is 2.89. The van der Waals surface area contributed by atoms with Gasteiger partial charge in [0.15, 0.2) is 0 Å². The van der Waals surface area contributed by atoms with Gasteiger partial charge in [-0.25, -0.2) is 0 Å². The lowest BCUT2D eigenvalue weighted by Gasteiger charge is -2.19. The van der Waals surface area contributed by atoms with Crippen molar-refractivity contribution in [3.05, 3.63) is 35.4 Å². The van der Waals surface area contributed by atoms with E-state index in [4.69, 9.17) is 0 Å². The zero-order valence-corrected chi connectivity index (χ0v) is 14.7. The molecule has 3 rings (SSSR count). The Morgan fingerprint density at radius 3 is 2.33 bits per heavy atom. The highest BCUT2D eigenvalue weighted by Gasteiger charge is 2.47. The van der Waals surface area contributed by atoms with E-state index < -0.39 is 17.6 Å². The van der Waals surface area contributed by atoms with Gasteiger partial charge < -0.3 is 5.32 Å². The van der Waals surface area contributed by atoms with E-state index in [1.54, 1.807) is 0 Å². The summed E-state index contributed by atoms with van der Waals surface area (Å²) in [5, 5.41) is 2.54. The summed E-state index contributed by atoms with van der Waals surface area (Å²) in [5.41, 5.74) is -0.442. The highest BCUT2D eigenvalue weighted by atomic mass is 19.4. The van der Waals surface area contributed by atoms with Gasteiger partial charge in [-0.05, 0) is 30.5 Å². The quantitative estimate of drug-likeness (QED) is 0.797. The standard InChI is InChI=1S/C19H21F3N2O3/c20-19(21,22)13-5-3-4-12(10-13)11-23-16(25)8-9-24-17(26)14-6-1-2-7-15(14)18(24)27/h3-5,10,14-15H,1-2,6-9,11H2,(H,23,25)/t14-,15-/m1/s1. The number of carbonyl (C=O) groups is 3. The fourth-order valence-corrected chi connectivity index (χ4v) is 3.81. The minimum absolute atomic E-state index is 0.0130. The van der Waals surface area contributed by atoms with Gasteiger partial charge >= 0.3 is 6.18 Å². The highest BCUT2D eigenvalue weighted by molar-refractivity contribution is 6.05. The number of nitrogens with one attached hydrogen (secondary N) is 1. The Hall–Kier alpha value is -2.38. The Morgan fingerprint density at radius 1 is 1.11 bits per heavy atom. The molecular weight excluding hydrogens is 361 g/mol. The molecule has 0 spiro atoms. The SMILES string of the molecule is O=C(CCN1C(=O)[C@@H]2CCCC[C@H]2C1=O)NCc1cccc(C(F)(F)F)c1. The molecule has 3 amide bonds. The minimum atomic E-state index is -4.44. The van der Waals surface area contributed by atoms with Gasteiger partial charge in [0.05, 0.1) is 17.4 Å². The van der Waals surface area contributed by atoms with Gasteiger partial charge in [-0.15, -0.1) is 0 Å². The van der Waals surface area contributed by atoms with Crippen molar-refractivity contribution in [3.8, 4) is 0 Å². The molecular formula is C19H21F3N2O3. The lowest BCUT2D eigenvalue weighted by molar-refractivity contribution is -0.140. The number of carbonyl (C=O) groups excluding carboxylic acids is 3. The zero-order chi connectivity index (χ0) is 19.6. The molecule has 0 aromatic heterocycles. The predicted molar refractivity (Wildman–Crippen MR) is 90.1 cm³/mol. The van der Waals surface area contributed by atoms with Gasteiger partial charge in [0.1, 0.15) is 0 Å². The molecule has 1 heterocycles. The van der Waals surface area contributed by atoms with E-state index in [9.17, 15) is 27.6 Å². The van der Waals surface area contributed by atoms with E-state index in [2.05, 4.69) is 5.32 Å². The summed E-state index contributed by atoms with van der Waals surface area (Å²) in [6, 6.07) is 4.73. The highest BCUT2D eigenvalue weighted by Crippen LogP contribution is 2.38. The smallest absolute Gasteiger partial charge is 0.352 e. The van der Waals surface area contributed by atoms with E-state index in [-0.39, 0.29) is 43.2 Å². The Kier molecular flexibility index (Phi) is 5.53. The van der Waals surface area contributed by atoms with Crippen LogP contribution in [0.25, 0.3) is 0 Å². The molecule has 8 heteroatoms. The summed E-state index contributed by atoms with van der Waals surface area (Å²) in [6.45, 7) is -0.0328. The summed E-state index contributed by atoms with van der Waals surface area (Å²) < 4.78 is 38.1. The largest absolute Gasteiger partial charge is 0.416 e. The third kappa shape index (κ3) is 4.31. The lowest BCUT2D eigenvalue weighted by Crippen LogP contribution is -2.35. The Labute approximate surface area is 154 Å². The lowest BCUT2D eigenvalue weighted by atomic mass is 9.81. The maximum atomic E-state index is 12.7. The maximum absolute atomic E-state index is 12.7. The molecule has 2 aliphatic rings. The van der Waals surface area contributed by atoms with Crippen molar-refractivity contribution in [1.29, 1.82) is 0 Å². The second-order valence-electron chi connectivity index (χ2n) is 7.05. The molecule has 0 bridgehead atoms. The number of likely N-dealkylation sites (tertiary alicyclic amines) is 1. The number of alkyl halides is 3. The van der Waals surface area contributed by atoms with Crippen LogP contribution in [0.2, 0.25) is 0 Å². The number of amides is 3. The fourth-order valence-electron chi connectivity index (χ4n) is 3.81. The molecule has 1 aliphatic carbocycles. The molecule has 1 aromatic rings. The Bertz CT molecular complexity index is 724. The van der Waals surface area contributed by atoms with Gasteiger partial charge in [0.25, 0.3) is 0 Å². The molecule has 0 unspecified atom stereocenters. The fraction of sp³-hybridized carbons (Fsp3) is 0.526. The van der Waals surface area contributed by atoms with Gasteiger partial charge in [-0.1, -0.05) is 25.0 Å². The maximum Gasteiger partial charge on any atom is 0.416 e. The molecule has 5 nitrogen and oxygen atoms in total. The zero-order valence-electron chi connectivity index (χ0n) is 14.7. The monoisotopic (exact) mass is 382 g/mol. The van der Waals surface area contributed by atoms with Crippen LogP contribution in [0, 0.1) is 11.8 Å². The first-order valence-electron chi connectivity index (χ1n) is 9.05. The average molecular weight is 382 g/mol. The third-order valence-corrected chi connectivity index (χ3v) is 5.24. The van der Waals surface area contributed by atoms with Crippen molar-refractivity contribution in [1.82, 2.24) is 10.2 Å². The van der Waals surface area contributed by atoms with Crippen molar-refractivity contribution in [2.24, 2.45) is 11.8 Å². The van der Waals surface area contributed by atoms with Crippen LogP contribution in [0.4, 0.5) is 13.2 Å². The van der Waals surface area contributed by atoms with Gasteiger partial charge in [-0.2, -0.15) is 13.2 Å². The molecule has 2 fully saturated rings. The van der Waals surface area contributed by atoms with Gasteiger partial charge in [-0.3, -0.25) is 19.3 Å². The van der Waals surface area contributed by atoms with Crippen molar-refractivity contribution >= 4 is 17.7 Å². The molecule has 146 valence electrons. The van der Waals surface area contributed by atoms with Crippen LogP contribution >= 0.6 is 0 Å². The van der Waals surface area contributed by atoms with Crippen LogP contribution in [0.5, 0.6) is 0 Å². The number of halogens is 3. The van der Waals surface area contributed by atoms with Gasteiger partial charge in [0, 0.05) is 19.5 Å². The number of fused-ring (bicyclic) bond motifs is 1. The van der Waals surface area contributed by atoms with Crippen LogP contribution < -0.4 is 5.32 Å². The second-order valence-corrected chi connectivity index (χ2v) is 7.05. The molecule has 1 saturated heterocycles. The first-order chi connectivity index (χ1) is 12.8. The number of hydrogen-bond donors (Lipinski definition) is 1. The van der Waals surface area contributed by atoms with E-state index in [0.717, 1.165) is 25.0 Å². The number of benzene rings is 1. The molecule has 1 aromatic carbocycles. The van der Waals surface area contributed by atoms with Gasteiger partial charge in [0.2, 0.25) is 17.7 Å². The normalized spacial score (nSPS) is 22.7. The van der Waals surface area contributed by atoms with Crippen molar-refractivity contribution in [3.63, 3.8) is 0 Å². The summed E-state index contributed by atoms with van der Waals surface area (Å²) >= 11 is 0. The van der Waals surface area contributed by atoms with Crippen molar-refractivity contribution in [2.45, 2.75) is 44.8 Å². The Morgan fingerprint density at radius 2 is 1.74 bits per heavy atom. The van der Waals surface area contributed by atoms with Crippen molar-refractivity contribution < 1.29 is 27.6 Å². The van der Waals surface area contributed by atoms with Crippen LogP contribution in [0.1, 0.15) is 43.2 Å². The van der Waals surface area contributed by atoms with Crippen LogP contribution in [0.3, 0.4) is 0 Å². The summed E-state index contributed by atoms with van der Waals surface area (Å²) in [4.78, 5) is 37.9. The van der Waals surface area contributed by atoms with E-state index >= 15 is 0 Å². The van der Waals surface area contributed by atoms with Crippen LogP contribution in [-0.2, 0) is 27.1 Å². The van der Waals surface area contributed by atoms with E-state index in [1.807, 2.05) is 0 Å². The first-order valence-corrected chi connectivity index (χ1v) is 9.05. The minimum Gasteiger partial charge on any atom is -0.352 e. The number of hydrogen-bond acceptors (Lipinski definition) is 3. The summed E-state index contributed by atoms with van der Waals surface area (Å²) in [6.07, 6.45) is -1.19. The van der Waals surface area contributed by atoms with Crippen molar-refractivity contribution in [2.75, 3.05) is 6.54 Å². The van der Waals surface area contributed by atoms with E-state index in [1.165, 1.54) is 17.0 Å². The molecule has 0 radical (unpaired) electrons. The molecule has 27 heavy (non-hydrogen) atoms. The number of rotatable bonds is 5. The number of imide groups is 1.